The molecule has 2 fully saturated rings. The molecule has 4 rings (SSSR count). The number of benzene rings is 1. The topological polar surface area (TPSA) is 74.8 Å². The summed E-state index contributed by atoms with van der Waals surface area (Å²) in [6.07, 6.45) is 7.13. The van der Waals surface area contributed by atoms with Gasteiger partial charge in [0.15, 0.2) is 5.96 Å². The Morgan fingerprint density at radius 1 is 1.27 bits per heavy atom. The maximum atomic E-state index is 6.15. The van der Waals surface area contributed by atoms with Gasteiger partial charge < -0.3 is 24.7 Å². The molecule has 0 saturated carbocycles. The summed E-state index contributed by atoms with van der Waals surface area (Å²) < 4.78 is 11.9. The summed E-state index contributed by atoms with van der Waals surface area (Å²) in [7, 11) is 0. The van der Waals surface area contributed by atoms with Crippen LogP contribution in [-0.2, 0) is 15.9 Å². The van der Waals surface area contributed by atoms with E-state index in [9.17, 15) is 0 Å². The molecule has 0 amide bonds. The van der Waals surface area contributed by atoms with Gasteiger partial charge in [0.1, 0.15) is 5.82 Å². The molecule has 0 radical (unpaired) electrons. The molecule has 1 aromatic heterocycles. The number of nitrogens with zero attached hydrogens (tertiary/aromatic N) is 3. The van der Waals surface area contributed by atoms with E-state index in [0.29, 0.717) is 12.2 Å². The van der Waals surface area contributed by atoms with Crippen molar-refractivity contribution in [1.82, 2.24) is 20.2 Å². The number of aromatic amines is 1. The zero-order valence-electron chi connectivity index (χ0n) is 18.1. The number of aliphatic imine (C=N–C) groups is 1. The van der Waals surface area contributed by atoms with Crippen LogP contribution in [-0.4, -0.2) is 72.4 Å². The number of hydrogen-bond donors (Lipinski definition) is 2. The molecule has 7 heteroatoms. The first-order valence-corrected chi connectivity index (χ1v) is 11.5. The SMILES string of the molecule is CCNC(=NCCc1nc2ccccc2[nH]1)N1CCC(OCC2CCCCO2)CC1. The average Bonchev–Trinajstić information content (AvgIpc) is 3.21. The van der Waals surface area contributed by atoms with Gasteiger partial charge in [-0.2, -0.15) is 0 Å². The van der Waals surface area contributed by atoms with E-state index in [1.54, 1.807) is 0 Å². The van der Waals surface area contributed by atoms with Gasteiger partial charge >= 0.3 is 0 Å². The van der Waals surface area contributed by atoms with E-state index in [2.05, 4.69) is 33.2 Å². The van der Waals surface area contributed by atoms with Gasteiger partial charge in [-0.3, -0.25) is 4.99 Å². The summed E-state index contributed by atoms with van der Waals surface area (Å²) in [4.78, 5) is 15.3. The van der Waals surface area contributed by atoms with Crippen molar-refractivity contribution in [3.63, 3.8) is 0 Å². The van der Waals surface area contributed by atoms with E-state index in [0.717, 1.165) is 87.9 Å². The molecule has 2 aliphatic heterocycles. The number of imidazole rings is 1. The minimum Gasteiger partial charge on any atom is -0.376 e. The number of para-hydroxylation sites is 2. The van der Waals surface area contributed by atoms with Crippen LogP contribution in [0.15, 0.2) is 29.3 Å². The molecule has 2 N–H and O–H groups in total. The number of H-pyrrole nitrogens is 1. The lowest BCUT2D eigenvalue weighted by atomic mass is 10.1. The van der Waals surface area contributed by atoms with E-state index in [1.807, 2.05) is 18.2 Å². The number of ether oxygens (including phenoxy) is 2. The third kappa shape index (κ3) is 5.73. The van der Waals surface area contributed by atoms with Crippen molar-refractivity contribution in [3.05, 3.63) is 30.1 Å². The fourth-order valence-corrected chi connectivity index (χ4v) is 4.23. The third-order valence-electron chi connectivity index (χ3n) is 5.92. The smallest absolute Gasteiger partial charge is 0.193 e. The molecular formula is C23H35N5O2. The van der Waals surface area contributed by atoms with Crippen LogP contribution in [0.25, 0.3) is 11.0 Å². The molecule has 30 heavy (non-hydrogen) atoms. The van der Waals surface area contributed by atoms with Gasteiger partial charge in [-0.1, -0.05) is 12.1 Å². The van der Waals surface area contributed by atoms with Gasteiger partial charge in [0.05, 0.1) is 29.8 Å². The number of rotatable bonds is 7. The van der Waals surface area contributed by atoms with Crippen LogP contribution in [0.4, 0.5) is 0 Å². The maximum absolute atomic E-state index is 6.15. The van der Waals surface area contributed by atoms with Gasteiger partial charge in [0.25, 0.3) is 0 Å². The van der Waals surface area contributed by atoms with Crippen molar-refractivity contribution in [2.24, 2.45) is 4.99 Å². The molecule has 3 heterocycles. The lowest BCUT2D eigenvalue weighted by Crippen LogP contribution is -2.47. The van der Waals surface area contributed by atoms with Crippen molar-refractivity contribution in [3.8, 4) is 0 Å². The van der Waals surface area contributed by atoms with Gasteiger partial charge in [-0.15, -0.1) is 0 Å². The highest BCUT2D eigenvalue weighted by molar-refractivity contribution is 5.80. The predicted molar refractivity (Wildman–Crippen MR) is 120 cm³/mol. The number of likely N-dealkylation sites (tertiary alicyclic amines) is 1. The maximum Gasteiger partial charge on any atom is 0.193 e. The molecule has 0 spiro atoms. The lowest BCUT2D eigenvalue weighted by molar-refractivity contribution is -0.0721. The second-order valence-electron chi connectivity index (χ2n) is 8.19. The Morgan fingerprint density at radius 2 is 2.13 bits per heavy atom. The fraction of sp³-hybridized carbons (Fsp3) is 0.652. The molecule has 2 aromatic rings. The Bertz CT molecular complexity index is 774. The van der Waals surface area contributed by atoms with E-state index in [1.165, 1.54) is 12.8 Å². The first-order valence-electron chi connectivity index (χ1n) is 11.5. The average molecular weight is 414 g/mol. The largest absolute Gasteiger partial charge is 0.376 e. The molecule has 0 aliphatic carbocycles. The quantitative estimate of drug-likeness (QED) is 0.539. The number of nitrogens with one attached hydrogen (secondary N) is 2. The van der Waals surface area contributed by atoms with E-state index >= 15 is 0 Å². The third-order valence-corrected chi connectivity index (χ3v) is 5.92. The van der Waals surface area contributed by atoms with Crippen LogP contribution in [0.5, 0.6) is 0 Å². The fourth-order valence-electron chi connectivity index (χ4n) is 4.23. The molecule has 2 saturated heterocycles. The molecule has 1 unspecified atom stereocenters. The first-order chi connectivity index (χ1) is 14.8. The highest BCUT2D eigenvalue weighted by Gasteiger charge is 2.23. The van der Waals surface area contributed by atoms with Crippen LogP contribution in [0, 0.1) is 0 Å². The zero-order valence-corrected chi connectivity index (χ0v) is 18.1. The lowest BCUT2D eigenvalue weighted by Gasteiger charge is -2.35. The number of hydrogen-bond acceptors (Lipinski definition) is 4. The van der Waals surface area contributed by atoms with E-state index < -0.39 is 0 Å². The summed E-state index contributed by atoms with van der Waals surface area (Å²) in [5.41, 5.74) is 2.10. The number of fused-ring (bicyclic) bond motifs is 1. The summed E-state index contributed by atoms with van der Waals surface area (Å²) in [5.74, 6) is 2.00. The molecule has 0 bridgehead atoms. The highest BCUT2D eigenvalue weighted by Crippen LogP contribution is 2.18. The van der Waals surface area contributed by atoms with Crippen LogP contribution in [0.2, 0.25) is 0 Å². The van der Waals surface area contributed by atoms with Crippen molar-refractivity contribution in [2.45, 2.75) is 57.7 Å². The number of piperidine rings is 1. The van der Waals surface area contributed by atoms with Crippen molar-refractivity contribution >= 4 is 17.0 Å². The first kappa shape index (κ1) is 21.1. The minimum atomic E-state index is 0.300. The van der Waals surface area contributed by atoms with E-state index in [-0.39, 0.29) is 0 Å². The molecular weight excluding hydrogens is 378 g/mol. The highest BCUT2D eigenvalue weighted by atomic mass is 16.5. The summed E-state index contributed by atoms with van der Waals surface area (Å²) in [6.45, 7) is 7.31. The van der Waals surface area contributed by atoms with Crippen molar-refractivity contribution in [1.29, 1.82) is 0 Å². The van der Waals surface area contributed by atoms with Gasteiger partial charge in [0, 0.05) is 39.2 Å². The standard InChI is InChI=1S/C23H35N5O2/c1-2-24-23(25-13-10-22-26-20-8-3-4-9-21(20)27-22)28-14-11-18(12-15-28)30-17-19-7-5-6-16-29-19/h3-4,8-9,18-19H,2,5-7,10-17H2,1H3,(H,24,25)(H,26,27). The molecule has 2 aliphatic rings. The van der Waals surface area contributed by atoms with Crippen LogP contribution in [0.1, 0.15) is 44.9 Å². The minimum absolute atomic E-state index is 0.300. The Hall–Kier alpha value is -2.12. The molecule has 1 aromatic carbocycles. The Morgan fingerprint density at radius 3 is 2.90 bits per heavy atom. The summed E-state index contributed by atoms with van der Waals surface area (Å²) in [6, 6.07) is 8.15. The molecule has 1 atom stereocenters. The van der Waals surface area contributed by atoms with Gasteiger partial charge in [-0.25, -0.2) is 4.98 Å². The summed E-state index contributed by atoms with van der Waals surface area (Å²) in [5, 5.41) is 3.45. The number of aromatic nitrogens is 2. The normalized spacial score (nSPS) is 21.3. The summed E-state index contributed by atoms with van der Waals surface area (Å²) >= 11 is 0. The molecule has 7 nitrogen and oxygen atoms in total. The van der Waals surface area contributed by atoms with Crippen LogP contribution in [0.3, 0.4) is 0 Å². The van der Waals surface area contributed by atoms with Gasteiger partial charge in [0.2, 0.25) is 0 Å². The Balaban J connectivity index is 1.24. The Labute approximate surface area is 179 Å². The predicted octanol–water partition coefficient (Wildman–Crippen LogP) is 3.12. The monoisotopic (exact) mass is 413 g/mol. The number of guanidine groups is 1. The zero-order chi connectivity index (χ0) is 20.6. The van der Waals surface area contributed by atoms with Crippen molar-refractivity contribution in [2.75, 3.05) is 39.4 Å². The Kier molecular flexibility index (Phi) is 7.59. The second-order valence-corrected chi connectivity index (χ2v) is 8.19. The van der Waals surface area contributed by atoms with Crippen LogP contribution < -0.4 is 5.32 Å². The van der Waals surface area contributed by atoms with Crippen molar-refractivity contribution < 1.29 is 9.47 Å². The second kappa shape index (κ2) is 10.8. The van der Waals surface area contributed by atoms with Crippen LogP contribution >= 0.6 is 0 Å². The van der Waals surface area contributed by atoms with Gasteiger partial charge in [-0.05, 0) is 51.2 Å². The van der Waals surface area contributed by atoms with E-state index in [4.69, 9.17) is 14.5 Å². The molecule has 164 valence electrons.